The van der Waals surface area contributed by atoms with E-state index in [0.29, 0.717) is 68.4 Å². The van der Waals surface area contributed by atoms with Gasteiger partial charge in [-0.1, -0.05) is 76.7 Å². The summed E-state index contributed by atoms with van der Waals surface area (Å²) in [5, 5.41) is 43.9. The Kier molecular flexibility index (Phi) is 77.5. The number of aliphatic hydroxyl groups is 5. The average Bonchev–Trinajstić information content (AvgIpc) is 1.54. The molecule has 2 saturated carbocycles. The molecule has 108 heavy (non-hydrogen) atoms. The number of aromatic nitrogens is 3. The van der Waals surface area contributed by atoms with E-state index in [0.717, 1.165) is 66.0 Å². The molecule has 2 aliphatic heterocycles. The fourth-order valence-electron chi connectivity index (χ4n) is 14.3. The van der Waals surface area contributed by atoms with Crippen LogP contribution < -0.4 is 0 Å². The van der Waals surface area contributed by atoms with Crippen molar-refractivity contribution in [1.82, 2.24) is 15.0 Å². The number of hydrogen-bond donors (Lipinski definition) is 5. The van der Waals surface area contributed by atoms with E-state index in [1.807, 2.05) is 54.6 Å². The molecule has 1 spiro atoms. The summed E-state index contributed by atoms with van der Waals surface area (Å²) in [5.74, 6) is 1.84. The second-order valence-corrected chi connectivity index (χ2v) is 51.2. The molecule has 0 aromatic carbocycles. The molecule has 18 heteroatoms. The zero-order valence-corrected chi connectivity index (χ0v) is 80.1. The van der Waals surface area contributed by atoms with E-state index in [9.17, 15) is 0 Å². The summed E-state index contributed by atoms with van der Waals surface area (Å²) in [6, 6.07) is 17.4. The van der Waals surface area contributed by atoms with Crippen LogP contribution in [-0.2, 0) is 93.6 Å². The molecule has 4 aliphatic rings. The normalized spacial score (nSPS) is 15.6. The second-order valence-electron chi connectivity index (χ2n) is 33.3. The number of rotatable bonds is 15. The molecule has 0 bridgehead atoms. The van der Waals surface area contributed by atoms with Gasteiger partial charge in [-0.2, -0.15) is 6.42 Å². The largest absolute Gasteiger partial charge is 2.00 e. The molecule has 3 aromatic rings. The molecular weight excluding hydrogens is 1640 g/mol. The molecule has 3 aromatic heterocycles. The molecule has 5 N–H and O–H groups in total. The Morgan fingerprint density at radius 2 is 0.750 bits per heavy atom. The summed E-state index contributed by atoms with van der Waals surface area (Å²) in [7, 11) is -1.89. The van der Waals surface area contributed by atoms with Gasteiger partial charge in [0.1, 0.15) is 0 Å². The molecule has 4 fully saturated rings. The number of pyridine rings is 3. The minimum atomic E-state index is -0.997. The molecule has 638 valence electrons. The van der Waals surface area contributed by atoms with E-state index in [2.05, 4.69) is 241 Å². The third kappa shape index (κ3) is 57.8. The number of unbranched alkanes of at least 4 members (excludes halogenated alkanes) is 1. The first-order chi connectivity index (χ1) is 47.6. The summed E-state index contributed by atoms with van der Waals surface area (Å²) >= 11 is 0. The fourth-order valence-corrected chi connectivity index (χ4v) is 34.2. The monoisotopic (exact) mass is 1790 g/mol. The van der Waals surface area contributed by atoms with Crippen molar-refractivity contribution in [3.63, 3.8) is 0 Å². The SMILES string of the molecule is C=C(O)C[CH2-].C=C(O)C[CH2-].C=C(O)C[CH2-].C=C(O)C[CH2-].C=C(O)C[CH2-].C=C1CCC2(CCC[P+]2(C2CCCCC2)C2CCCCC2)O1.[CH2-]CCC[PH+](C(C)(C)C)C(C)(C)C.[CH2-]CC[PH+](C(C)(C)C)C(C)(C)C.[CH2-]C[PH+](C(C)(C)C)C(C)(C)C.[CH2-]Cc1ccccn1.[Ni+2].[Ni+2].[Ni+2].[Ni+2].[Ni].c1ccc(-c2ccccn2)nc1. The van der Waals surface area contributed by atoms with Gasteiger partial charge in [-0.25, -0.2) is 0 Å². The molecule has 0 amide bonds. The Labute approximate surface area is 723 Å². The molecule has 7 rings (SSSR count). The van der Waals surface area contributed by atoms with Gasteiger partial charge in [0.25, 0.3) is 0 Å². The van der Waals surface area contributed by atoms with Crippen LogP contribution in [0.15, 0.2) is 147 Å². The van der Waals surface area contributed by atoms with E-state index in [4.69, 9.17) is 30.3 Å². The third-order valence-electron chi connectivity index (χ3n) is 18.2. The predicted octanol–water partition coefficient (Wildman–Crippen LogP) is 28.5. The van der Waals surface area contributed by atoms with Crippen molar-refractivity contribution < 1.29 is 113 Å². The quantitative estimate of drug-likeness (QED) is 0.0434. The molecule has 2 aliphatic carbocycles. The van der Waals surface area contributed by atoms with E-state index in [-0.39, 0.29) is 135 Å². The minimum absolute atomic E-state index is 0. The summed E-state index contributed by atoms with van der Waals surface area (Å²) in [4.78, 5) is 12.4. The van der Waals surface area contributed by atoms with Crippen molar-refractivity contribution in [2.45, 2.75) is 320 Å². The molecule has 1 atom stereocenters. The molecule has 5 heterocycles. The maximum absolute atomic E-state index is 8.10. The van der Waals surface area contributed by atoms with Gasteiger partial charge < -0.3 is 92.6 Å². The Morgan fingerprint density at radius 1 is 0.444 bits per heavy atom. The van der Waals surface area contributed by atoms with Gasteiger partial charge in [-0.15, -0.1) is 44.9 Å². The molecule has 2 saturated heterocycles. The van der Waals surface area contributed by atoms with Crippen LogP contribution in [0.1, 0.15) is 272 Å². The summed E-state index contributed by atoms with van der Waals surface area (Å²) in [6.45, 7) is 95.1. The van der Waals surface area contributed by atoms with E-state index >= 15 is 0 Å². The summed E-state index contributed by atoms with van der Waals surface area (Å²) < 4.78 is 6.69. The van der Waals surface area contributed by atoms with Crippen LogP contribution in [0, 0.1) is 62.3 Å². The topological polar surface area (TPSA) is 149 Å². The molecular formula is C90H160N3Ni5O6P4+3. The smallest absolute Gasteiger partial charge is 0.516 e. The van der Waals surface area contributed by atoms with Crippen molar-refractivity contribution in [2.75, 3.05) is 24.6 Å². The molecule has 9 nitrogen and oxygen atoms in total. The first-order valence-corrected chi connectivity index (χ1v) is 45.4. The zero-order chi connectivity index (χ0) is 80.5. The van der Waals surface area contributed by atoms with E-state index in [1.54, 1.807) is 24.8 Å². The second kappa shape index (κ2) is 67.0. The number of hydrogen-bond acceptors (Lipinski definition) is 9. The van der Waals surface area contributed by atoms with E-state index in [1.165, 1.54) is 102 Å². The van der Waals surface area contributed by atoms with Crippen molar-refractivity contribution in [3.05, 3.63) is 215 Å². The third-order valence-corrected chi connectivity index (χ3v) is 38.1. The van der Waals surface area contributed by atoms with Crippen LogP contribution in [0.3, 0.4) is 0 Å². The Morgan fingerprint density at radius 3 is 0.944 bits per heavy atom. The standard InChI is InChI=1S/C20H34OP.C12H26P.C11H24P.C10H8N2.C10H22P.C7H8N.5C4H7O.5Ni/c1-17-13-15-20(21-17)14-8-16-22(20,18-9-4-2-5-10-18)19-11-6-3-7-12-19;1-8-9-10-13(11(2,3)4)12(5,6)7;1-8-9-12(10(2,3)4)11(5,6)7;1-3-7-11-9(5-1)10-6-2-4-8-12-10;1-8-11(9(2,3)4)10(5,6)7;1-2-7-5-3-4-6-8-7;5*1-3-4(2)5;;;;;/h18-19H,1-16H2;1,8-10H2,2-7H3;1,8-9H2,2-7H3;1-8H;1,8H2,2-7H3;3-6H,1-2H2;5*5H,1-3H2;;;;;/q+1;2*-1;;7*-1;;4*+2/p+3. The maximum atomic E-state index is 8.10. The van der Waals surface area contributed by atoms with Crippen molar-refractivity contribution in [1.29, 1.82) is 0 Å². The minimum Gasteiger partial charge on any atom is -0.516 e. The van der Waals surface area contributed by atoms with Crippen LogP contribution in [0.4, 0.5) is 0 Å². The average molecular weight is 1800 g/mol. The number of aliphatic hydroxyl groups excluding tert-OH is 5. The van der Waals surface area contributed by atoms with Gasteiger partial charge in [0.15, 0.2) is 0 Å². The van der Waals surface area contributed by atoms with Gasteiger partial charge in [0, 0.05) is 82.0 Å². The summed E-state index contributed by atoms with van der Waals surface area (Å²) in [6.07, 6.45) is 37.5. The van der Waals surface area contributed by atoms with Crippen LogP contribution >= 0.6 is 31.0 Å². The fraction of sp³-hybridized carbons (Fsp3) is 0.600. The van der Waals surface area contributed by atoms with Crippen LogP contribution in [0.2, 0.25) is 0 Å². The van der Waals surface area contributed by atoms with Crippen molar-refractivity contribution >= 4 is 31.0 Å². The number of nitrogens with zero attached hydrogens (tertiary/aromatic N) is 3. The van der Waals surface area contributed by atoms with Gasteiger partial charge in [-0.3, -0.25) is 15.0 Å². The van der Waals surface area contributed by atoms with Gasteiger partial charge in [-0.05, 0) is 233 Å². The van der Waals surface area contributed by atoms with Crippen LogP contribution in [0.25, 0.3) is 11.4 Å². The number of ether oxygens (including phenoxy) is 1. The Balaban J connectivity index is -0.000000148. The molecule has 1 unspecified atom stereocenters. The van der Waals surface area contributed by atoms with Gasteiger partial charge in [0.2, 0.25) is 5.34 Å². The summed E-state index contributed by atoms with van der Waals surface area (Å²) in [5.41, 5.74) is 4.99. The maximum Gasteiger partial charge on any atom is 2.00 e. The Bertz CT molecular complexity index is 2500. The first kappa shape index (κ1) is 125. The predicted molar refractivity (Wildman–Crippen MR) is 474 cm³/mol. The zero-order valence-electron chi connectivity index (χ0n) is 71.3. The first-order valence-electron chi connectivity index (χ1n) is 38.1. The van der Waals surface area contributed by atoms with Crippen LogP contribution in [0.5, 0.6) is 0 Å². The number of allylic oxidation sites excluding steroid dienone is 6. The van der Waals surface area contributed by atoms with Crippen LogP contribution in [-0.4, -0.2) is 113 Å². The van der Waals surface area contributed by atoms with Crippen molar-refractivity contribution in [3.8, 4) is 11.4 Å². The van der Waals surface area contributed by atoms with Gasteiger partial charge >= 0.3 is 66.0 Å². The van der Waals surface area contributed by atoms with Gasteiger partial charge in [0.05, 0.1) is 108 Å². The van der Waals surface area contributed by atoms with Crippen molar-refractivity contribution in [2.24, 2.45) is 0 Å². The Hall–Kier alpha value is -1.12. The molecule has 0 radical (unpaired) electrons. The van der Waals surface area contributed by atoms with E-state index < -0.39 is 7.26 Å².